The topological polar surface area (TPSA) is 0 Å². The number of halogens is 2. The minimum atomic E-state index is 0.111. The van der Waals surface area contributed by atoms with Gasteiger partial charge in [0, 0.05) is 32.1 Å². The lowest BCUT2D eigenvalue weighted by atomic mass is 10.2. The standard InChI is InChI=1S/C20H17Cl2S/c21-18-10-6-16(7-11-18)14-23(20-4-2-1-3-5-20)15-17-8-12-19(22)13-9-17/h1-13H,14-15H2/q+1. The summed E-state index contributed by atoms with van der Waals surface area (Å²) < 4.78 is 0. The van der Waals surface area contributed by atoms with E-state index in [1.54, 1.807) is 0 Å². The second kappa shape index (κ2) is 7.92. The Balaban J connectivity index is 1.84. The van der Waals surface area contributed by atoms with Crippen molar-refractivity contribution in [3.05, 3.63) is 100 Å². The van der Waals surface area contributed by atoms with Gasteiger partial charge in [0.05, 0.1) is 0 Å². The van der Waals surface area contributed by atoms with Crippen molar-refractivity contribution in [1.82, 2.24) is 0 Å². The van der Waals surface area contributed by atoms with Crippen LogP contribution in [0.25, 0.3) is 0 Å². The van der Waals surface area contributed by atoms with E-state index >= 15 is 0 Å². The van der Waals surface area contributed by atoms with E-state index in [-0.39, 0.29) is 10.9 Å². The maximum atomic E-state index is 6.00. The Morgan fingerprint density at radius 3 is 1.43 bits per heavy atom. The molecule has 0 unspecified atom stereocenters. The second-order valence-electron chi connectivity index (χ2n) is 5.35. The van der Waals surface area contributed by atoms with E-state index in [0.717, 1.165) is 21.6 Å². The highest BCUT2D eigenvalue weighted by Gasteiger charge is 2.22. The molecule has 0 nitrogen and oxygen atoms in total. The lowest BCUT2D eigenvalue weighted by Gasteiger charge is -2.09. The molecular weight excluding hydrogens is 343 g/mol. The van der Waals surface area contributed by atoms with Gasteiger partial charge in [0.15, 0.2) is 4.90 Å². The van der Waals surface area contributed by atoms with Gasteiger partial charge in [0.1, 0.15) is 11.5 Å². The van der Waals surface area contributed by atoms with Crippen LogP contribution >= 0.6 is 23.2 Å². The molecule has 0 atom stereocenters. The summed E-state index contributed by atoms with van der Waals surface area (Å²) in [5.74, 6) is 2.04. The summed E-state index contributed by atoms with van der Waals surface area (Å²) in [4.78, 5) is 1.39. The third-order valence-corrected chi connectivity index (χ3v) is 6.39. The fourth-order valence-electron chi connectivity index (χ4n) is 2.39. The van der Waals surface area contributed by atoms with Crippen LogP contribution in [0, 0.1) is 0 Å². The Morgan fingerprint density at radius 2 is 1.00 bits per heavy atom. The molecule has 0 heterocycles. The second-order valence-corrected chi connectivity index (χ2v) is 8.25. The molecule has 0 fully saturated rings. The fourth-order valence-corrected chi connectivity index (χ4v) is 4.81. The molecular formula is C20H17Cl2S+. The highest BCUT2D eigenvalue weighted by molar-refractivity contribution is 7.95. The van der Waals surface area contributed by atoms with Gasteiger partial charge < -0.3 is 0 Å². The lowest BCUT2D eigenvalue weighted by Crippen LogP contribution is -2.09. The van der Waals surface area contributed by atoms with Crippen LogP contribution in [0.2, 0.25) is 10.0 Å². The minimum Gasteiger partial charge on any atom is -0.0843 e. The minimum absolute atomic E-state index is 0.111. The molecule has 3 aromatic rings. The van der Waals surface area contributed by atoms with E-state index in [9.17, 15) is 0 Å². The van der Waals surface area contributed by atoms with Crippen molar-refractivity contribution in [3.8, 4) is 0 Å². The summed E-state index contributed by atoms with van der Waals surface area (Å²) in [5.41, 5.74) is 2.63. The average Bonchev–Trinajstić information content (AvgIpc) is 2.59. The molecule has 23 heavy (non-hydrogen) atoms. The van der Waals surface area contributed by atoms with Gasteiger partial charge >= 0.3 is 0 Å². The molecule has 0 N–H and O–H groups in total. The third-order valence-electron chi connectivity index (χ3n) is 3.58. The monoisotopic (exact) mass is 359 g/mol. The smallest absolute Gasteiger partial charge is 0.0843 e. The van der Waals surface area contributed by atoms with Crippen LogP contribution in [0.4, 0.5) is 0 Å². The highest BCUT2D eigenvalue weighted by Crippen LogP contribution is 2.24. The first kappa shape index (κ1) is 16.4. The Labute approximate surface area is 150 Å². The van der Waals surface area contributed by atoms with E-state index in [4.69, 9.17) is 23.2 Å². The Morgan fingerprint density at radius 1 is 0.565 bits per heavy atom. The van der Waals surface area contributed by atoms with Crippen LogP contribution < -0.4 is 0 Å². The van der Waals surface area contributed by atoms with Gasteiger partial charge in [-0.1, -0.05) is 65.7 Å². The third kappa shape index (κ3) is 4.78. The van der Waals surface area contributed by atoms with E-state index in [2.05, 4.69) is 54.6 Å². The molecule has 3 rings (SSSR count). The molecule has 0 amide bonds. The maximum absolute atomic E-state index is 6.00. The van der Waals surface area contributed by atoms with Gasteiger partial charge in [-0.25, -0.2) is 0 Å². The zero-order valence-corrected chi connectivity index (χ0v) is 14.9. The summed E-state index contributed by atoms with van der Waals surface area (Å²) >= 11 is 12.0. The number of benzene rings is 3. The average molecular weight is 360 g/mol. The van der Waals surface area contributed by atoms with Gasteiger partial charge in [-0.05, 0) is 36.4 Å². The van der Waals surface area contributed by atoms with Crippen LogP contribution in [0.3, 0.4) is 0 Å². The lowest BCUT2D eigenvalue weighted by molar-refractivity contribution is 1.29. The van der Waals surface area contributed by atoms with Crippen LogP contribution in [0.1, 0.15) is 11.1 Å². The van der Waals surface area contributed by atoms with Gasteiger partial charge in [0.2, 0.25) is 0 Å². The van der Waals surface area contributed by atoms with Crippen molar-refractivity contribution in [3.63, 3.8) is 0 Å². The quantitative estimate of drug-likeness (QED) is 0.464. The van der Waals surface area contributed by atoms with Crippen molar-refractivity contribution >= 4 is 34.1 Å². The van der Waals surface area contributed by atoms with Crippen LogP contribution in [0.5, 0.6) is 0 Å². The predicted molar refractivity (Wildman–Crippen MR) is 102 cm³/mol. The molecule has 0 spiro atoms. The molecule has 0 radical (unpaired) electrons. The summed E-state index contributed by atoms with van der Waals surface area (Å²) in [6.07, 6.45) is 0. The van der Waals surface area contributed by atoms with Crippen LogP contribution in [-0.4, -0.2) is 0 Å². The zero-order chi connectivity index (χ0) is 16.1. The van der Waals surface area contributed by atoms with Gasteiger partial charge in [-0.2, -0.15) is 0 Å². The normalized spacial score (nSPS) is 10.9. The first-order chi connectivity index (χ1) is 11.2. The first-order valence-electron chi connectivity index (χ1n) is 7.42. The van der Waals surface area contributed by atoms with Gasteiger partial charge in [-0.3, -0.25) is 0 Å². The molecule has 0 aliphatic heterocycles. The number of rotatable bonds is 5. The van der Waals surface area contributed by atoms with E-state index < -0.39 is 0 Å². The molecule has 0 aliphatic rings. The predicted octanol–water partition coefficient (Wildman–Crippen LogP) is 6.37. The summed E-state index contributed by atoms with van der Waals surface area (Å²) in [7, 11) is 0.111. The summed E-state index contributed by atoms with van der Waals surface area (Å²) in [6.45, 7) is 0. The summed E-state index contributed by atoms with van der Waals surface area (Å²) in [5, 5.41) is 1.57. The van der Waals surface area contributed by atoms with Crippen molar-refractivity contribution in [1.29, 1.82) is 0 Å². The Hall–Kier alpha value is -1.41. The van der Waals surface area contributed by atoms with Crippen LogP contribution in [-0.2, 0) is 22.4 Å². The summed E-state index contributed by atoms with van der Waals surface area (Å²) in [6, 6.07) is 27.0. The first-order valence-corrected chi connectivity index (χ1v) is 9.74. The number of hydrogen-bond donors (Lipinski definition) is 0. The highest BCUT2D eigenvalue weighted by atomic mass is 35.5. The van der Waals surface area contributed by atoms with Crippen molar-refractivity contribution in [2.75, 3.05) is 0 Å². The fraction of sp³-hybridized carbons (Fsp3) is 0.100. The molecule has 0 bridgehead atoms. The van der Waals surface area contributed by atoms with Crippen molar-refractivity contribution in [2.24, 2.45) is 0 Å². The van der Waals surface area contributed by atoms with Crippen LogP contribution in [0.15, 0.2) is 83.8 Å². The van der Waals surface area contributed by atoms with Crippen molar-refractivity contribution < 1.29 is 0 Å². The van der Waals surface area contributed by atoms with Crippen molar-refractivity contribution in [2.45, 2.75) is 16.4 Å². The molecule has 0 aliphatic carbocycles. The molecule has 0 aromatic heterocycles. The van der Waals surface area contributed by atoms with E-state index in [0.29, 0.717) is 0 Å². The molecule has 0 saturated carbocycles. The molecule has 3 aromatic carbocycles. The molecule has 3 heteroatoms. The number of hydrogen-bond acceptors (Lipinski definition) is 0. The van der Waals surface area contributed by atoms with Gasteiger partial charge in [-0.15, -0.1) is 0 Å². The Kier molecular flexibility index (Phi) is 5.66. The molecule has 0 saturated heterocycles. The Bertz CT molecular complexity index is 689. The largest absolute Gasteiger partial charge is 0.155 e. The zero-order valence-electron chi connectivity index (χ0n) is 12.6. The van der Waals surface area contributed by atoms with E-state index in [1.165, 1.54) is 16.0 Å². The maximum Gasteiger partial charge on any atom is 0.155 e. The molecule has 116 valence electrons. The van der Waals surface area contributed by atoms with E-state index in [1.807, 2.05) is 24.3 Å². The van der Waals surface area contributed by atoms with Gasteiger partial charge in [0.25, 0.3) is 0 Å². The SMILES string of the molecule is Clc1ccc(C[S+](Cc2ccc(Cl)cc2)c2ccccc2)cc1.